The molecule has 1 saturated heterocycles. The maximum absolute atomic E-state index is 11.8. The van der Waals surface area contributed by atoms with Gasteiger partial charge in [0.2, 0.25) is 5.91 Å². The fourth-order valence-electron chi connectivity index (χ4n) is 2.54. The molecule has 0 radical (unpaired) electrons. The van der Waals surface area contributed by atoms with Gasteiger partial charge in [-0.2, -0.15) is 0 Å². The summed E-state index contributed by atoms with van der Waals surface area (Å²) in [5.41, 5.74) is 7.17. The van der Waals surface area contributed by atoms with Crippen LogP contribution in [0.1, 0.15) is 25.3 Å². The van der Waals surface area contributed by atoms with Crippen LogP contribution in [0.4, 0.5) is 0 Å². The third-order valence-electron chi connectivity index (χ3n) is 4.07. The zero-order valence-electron chi connectivity index (χ0n) is 13.7. The Morgan fingerprint density at radius 1 is 1.30 bits per heavy atom. The predicted molar refractivity (Wildman–Crippen MR) is 105 cm³/mol. The summed E-state index contributed by atoms with van der Waals surface area (Å²) in [4.78, 5) is 18.1. The average Bonchev–Trinajstić information content (AvgIpc) is 2.54. The molecule has 1 heterocycles. The molecular formula is C17H27IN4O. The van der Waals surface area contributed by atoms with E-state index < -0.39 is 0 Å². The molecule has 0 aliphatic carbocycles. The Hall–Kier alpha value is -1.31. The van der Waals surface area contributed by atoms with Crippen LogP contribution in [0, 0.1) is 5.92 Å². The van der Waals surface area contributed by atoms with Gasteiger partial charge in [-0.25, -0.2) is 4.99 Å². The summed E-state index contributed by atoms with van der Waals surface area (Å²) < 4.78 is 0. The van der Waals surface area contributed by atoms with Gasteiger partial charge in [0.1, 0.15) is 6.54 Å². The zero-order valence-corrected chi connectivity index (χ0v) is 16.0. The SMILES string of the molecule is CC1CCN(C(N)=NCC(=O)NCCc2ccccc2)CC1.I. The van der Waals surface area contributed by atoms with Gasteiger partial charge in [-0.05, 0) is 30.7 Å². The fourth-order valence-corrected chi connectivity index (χ4v) is 2.54. The number of hydrogen-bond acceptors (Lipinski definition) is 2. The second-order valence-corrected chi connectivity index (χ2v) is 5.93. The van der Waals surface area contributed by atoms with Crippen molar-refractivity contribution in [3.63, 3.8) is 0 Å². The Bertz CT molecular complexity index is 499. The summed E-state index contributed by atoms with van der Waals surface area (Å²) in [6, 6.07) is 10.1. The van der Waals surface area contributed by atoms with Crippen molar-refractivity contribution >= 4 is 35.8 Å². The number of nitrogens with two attached hydrogens (primary N) is 1. The molecule has 0 unspecified atom stereocenters. The lowest BCUT2D eigenvalue weighted by molar-refractivity contribution is -0.119. The number of piperidine rings is 1. The average molecular weight is 430 g/mol. The number of nitrogens with one attached hydrogen (secondary N) is 1. The van der Waals surface area contributed by atoms with E-state index in [1.165, 1.54) is 5.56 Å². The van der Waals surface area contributed by atoms with E-state index >= 15 is 0 Å². The minimum atomic E-state index is -0.0794. The molecule has 3 N–H and O–H groups in total. The highest BCUT2D eigenvalue weighted by Gasteiger charge is 2.17. The van der Waals surface area contributed by atoms with Gasteiger partial charge < -0.3 is 16.0 Å². The van der Waals surface area contributed by atoms with Gasteiger partial charge in [0.25, 0.3) is 0 Å². The molecule has 0 aromatic heterocycles. The quantitative estimate of drug-likeness (QED) is 0.427. The first-order valence-corrected chi connectivity index (χ1v) is 8.00. The summed E-state index contributed by atoms with van der Waals surface area (Å²) in [5, 5.41) is 2.88. The van der Waals surface area contributed by atoms with E-state index in [1.54, 1.807) is 0 Å². The van der Waals surface area contributed by atoms with Gasteiger partial charge >= 0.3 is 0 Å². The number of nitrogens with zero attached hydrogens (tertiary/aromatic N) is 2. The monoisotopic (exact) mass is 430 g/mol. The van der Waals surface area contributed by atoms with E-state index in [4.69, 9.17) is 5.73 Å². The van der Waals surface area contributed by atoms with Crippen LogP contribution < -0.4 is 11.1 Å². The highest BCUT2D eigenvalue weighted by Crippen LogP contribution is 2.15. The molecule has 0 atom stereocenters. The van der Waals surface area contributed by atoms with Crippen LogP contribution in [0.25, 0.3) is 0 Å². The van der Waals surface area contributed by atoms with Gasteiger partial charge in [0.15, 0.2) is 5.96 Å². The Morgan fingerprint density at radius 2 is 1.96 bits per heavy atom. The van der Waals surface area contributed by atoms with E-state index in [0.29, 0.717) is 12.5 Å². The number of carbonyl (C=O) groups is 1. The van der Waals surface area contributed by atoms with E-state index in [1.807, 2.05) is 18.2 Å². The van der Waals surface area contributed by atoms with Gasteiger partial charge in [-0.1, -0.05) is 37.3 Å². The number of halogens is 1. The van der Waals surface area contributed by atoms with Crippen molar-refractivity contribution in [3.8, 4) is 0 Å². The summed E-state index contributed by atoms with van der Waals surface area (Å²) in [6.45, 7) is 4.86. The van der Waals surface area contributed by atoms with Crippen LogP contribution in [-0.4, -0.2) is 42.9 Å². The molecule has 0 bridgehead atoms. The number of hydrogen-bond donors (Lipinski definition) is 2. The zero-order chi connectivity index (χ0) is 15.8. The Labute approximate surface area is 155 Å². The number of amides is 1. The lowest BCUT2D eigenvalue weighted by atomic mass is 10.00. The molecule has 0 spiro atoms. The van der Waals surface area contributed by atoms with Crippen LogP contribution in [-0.2, 0) is 11.2 Å². The van der Waals surface area contributed by atoms with Gasteiger partial charge in [-0.3, -0.25) is 4.79 Å². The molecule has 1 amide bonds. The third-order valence-corrected chi connectivity index (χ3v) is 4.07. The molecule has 23 heavy (non-hydrogen) atoms. The first-order valence-electron chi connectivity index (χ1n) is 8.00. The van der Waals surface area contributed by atoms with E-state index in [0.717, 1.165) is 38.3 Å². The van der Waals surface area contributed by atoms with Crippen molar-refractivity contribution in [2.75, 3.05) is 26.2 Å². The smallest absolute Gasteiger partial charge is 0.241 e. The summed E-state index contributed by atoms with van der Waals surface area (Å²) >= 11 is 0. The minimum Gasteiger partial charge on any atom is -0.370 e. The number of carbonyl (C=O) groups excluding carboxylic acids is 1. The first kappa shape index (κ1) is 19.7. The first-order chi connectivity index (χ1) is 10.6. The van der Waals surface area contributed by atoms with Crippen molar-refractivity contribution in [1.82, 2.24) is 10.2 Å². The normalized spacial score (nSPS) is 15.9. The lowest BCUT2D eigenvalue weighted by Crippen LogP contribution is -2.43. The number of benzene rings is 1. The molecule has 0 saturated carbocycles. The molecule has 5 nitrogen and oxygen atoms in total. The Morgan fingerprint density at radius 3 is 2.61 bits per heavy atom. The van der Waals surface area contributed by atoms with Gasteiger partial charge in [-0.15, -0.1) is 24.0 Å². The number of rotatable bonds is 5. The van der Waals surface area contributed by atoms with Crippen molar-refractivity contribution in [1.29, 1.82) is 0 Å². The summed E-state index contributed by atoms with van der Waals surface area (Å²) in [5.74, 6) is 1.17. The maximum atomic E-state index is 11.8. The molecular weight excluding hydrogens is 403 g/mol. The second-order valence-electron chi connectivity index (χ2n) is 5.93. The van der Waals surface area contributed by atoms with Crippen molar-refractivity contribution < 1.29 is 4.79 Å². The highest BCUT2D eigenvalue weighted by atomic mass is 127. The summed E-state index contributed by atoms with van der Waals surface area (Å²) in [6.07, 6.45) is 3.11. The largest absolute Gasteiger partial charge is 0.370 e. The van der Waals surface area contributed by atoms with Crippen LogP contribution in [0.5, 0.6) is 0 Å². The predicted octanol–water partition coefficient (Wildman–Crippen LogP) is 2.01. The standard InChI is InChI=1S/C17H26N4O.HI/c1-14-8-11-21(12-9-14)17(18)20-13-16(22)19-10-7-15-5-3-2-4-6-15;/h2-6,14H,7-13H2,1H3,(H2,18,20)(H,19,22);1H. The number of guanidine groups is 1. The van der Waals surface area contributed by atoms with Crippen LogP contribution in [0.15, 0.2) is 35.3 Å². The van der Waals surface area contributed by atoms with E-state index in [9.17, 15) is 4.79 Å². The maximum Gasteiger partial charge on any atom is 0.241 e. The van der Waals surface area contributed by atoms with Crippen LogP contribution in [0.3, 0.4) is 0 Å². The van der Waals surface area contributed by atoms with Gasteiger partial charge in [0.05, 0.1) is 0 Å². The second kappa shape index (κ2) is 10.5. The fraction of sp³-hybridized carbons (Fsp3) is 0.529. The Balaban J connectivity index is 0.00000264. The van der Waals surface area contributed by atoms with E-state index in [2.05, 4.69) is 34.3 Å². The summed E-state index contributed by atoms with van der Waals surface area (Å²) in [7, 11) is 0. The molecule has 1 aliphatic rings. The van der Waals surface area contributed by atoms with Crippen molar-refractivity contribution in [3.05, 3.63) is 35.9 Å². The van der Waals surface area contributed by atoms with E-state index in [-0.39, 0.29) is 36.4 Å². The van der Waals surface area contributed by atoms with Crippen molar-refractivity contribution in [2.24, 2.45) is 16.6 Å². The molecule has 1 aliphatic heterocycles. The Kier molecular flexibility index (Phi) is 8.98. The van der Waals surface area contributed by atoms with Crippen LogP contribution in [0.2, 0.25) is 0 Å². The van der Waals surface area contributed by atoms with Crippen LogP contribution >= 0.6 is 24.0 Å². The molecule has 2 rings (SSSR count). The number of aliphatic imine (C=N–C) groups is 1. The topological polar surface area (TPSA) is 70.7 Å². The third kappa shape index (κ3) is 7.20. The molecule has 1 fully saturated rings. The molecule has 1 aromatic carbocycles. The molecule has 128 valence electrons. The molecule has 6 heteroatoms. The van der Waals surface area contributed by atoms with Crippen molar-refractivity contribution in [2.45, 2.75) is 26.2 Å². The minimum absolute atomic E-state index is 0. The highest BCUT2D eigenvalue weighted by molar-refractivity contribution is 14.0. The number of likely N-dealkylation sites (tertiary alicyclic amines) is 1. The molecule has 1 aromatic rings. The van der Waals surface area contributed by atoms with Gasteiger partial charge in [0, 0.05) is 19.6 Å². The lowest BCUT2D eigenvalue weighted by Gasteiger charge is -2.30.